The lowest BCUT2D eigenvalue weighted by Crippen LogP contribution is -2.55. The molecule has 0 spiro atoms. The Kier molecular flexibility index (Phi) is 5.61. The van der Waals surface area contributed by atoms with E-state index in [1.807, 2.05) is 0 Å². The number of rotatable bonds is 1. The topological polar surface area (TPSA) is 14.8 Å². The highest BCUT2D eigenvalue weighted by Gasteiger charge is 2.42. The molecule has 0 aliphatic carbocycles. The summed E-state index contributed by atoms with van der Waals surface area (Å²) in [4.78, 5) is 0. The highest BCUT2D eigenvalue weighted by molar-refractivity contribution is 6.90. The smallest absolute Gasteiger partial charge is 0.333 e. The Bertz CT molecular complexity index is 3250. The molecular weight excluding hydrogens is 653 g/mol. The second kappa shape index (κ2) is 9.95. The average molecular weight is 694 g/mol. The summed E-state index contributed by atoms with van der Waals surface area (Å²) >= 11 is 0. The Morgan fingerprint density at radius 1 is 0.426 bits per heavy atom. The van der Waals surface area contributed by atoms with Gasteiger partial charge in [0.2, 0.25) is 0 Å². The van der Waals surface area contributed by atoms with Crippen LogP contribution in [0.1, 0.15) is 52.7 Å². The molecule has 0 N–H and O–H groups in total. The van der Waals surface area contributed by atoms with Crippen molar-refractivity contribution in [2.24, 2.45) is 0 Å². The van der Waals surface area contributed by atoms with Crippen LogP contribution in [0.3, 0.4) is 0 Å². The van der Waals surface area contributed by atoms with Crippen LogP contribution in [-0.2, 0) is 10.8 Å². The van der Waals surface area contributed by atoms with Crippen molar-refractivity contribution in [3.63, 3.8) is 0 Å². The number of hydrogen-bond acceptors (Lipinski definition) is 0. The van der Waals surface area contributed by atoms with Gasteiger partial charge in [-0.15, -0.1) is 0 Å². The van der Waals surface area contributed by atoms with Gasteiger partial charge in [0.1, 0.15) is 0 Å². The van der Waals surface area contributed by atoms with Gasteiger partial charge in [-0.3, -0.25) is 0 Å². The normalized spacial score (nSPS) is 13.7. The standard InChI is InChI=1S/C50H40BN3/c1-49(2,3)29-22-24-42-35(26-29)37-28-30(50(4,5)6)27-36-33-17-13-21-44-46(33)51(54(42)47(36)37)38-23-25-43(45-34-16-9-12-20-41(34)53(44)48(38)45)52-39-18-10-7-14-31(39)32-15-8-11-19-40(32)52/h7-28H,1-6H3. The maximum absolute atomic E-state index is 2.71. The van der Waals surface area contributed by atoms with E-state index in [-0.39, 0.29) is 17.7 Å². The first kappa shape index (κ1) is 30.5. The van der Waals surface area contributed by atoms with E-state index in [9.17, 15) is 0 Å². The third-order valence-corrected chi connectivity index (χ3v) is 12.7. The molecule has 2 aliphatic rings. The van der Waals surface area contributed by atoms with E-state index in [0.29, 0.717) is 0 Å². The number of aromatic nitrogens is 3. The molecule has 0 amide bonds. The lowest BCUT2D eigenvalue weighted by Gasteiger charge is -2.34. The van der Waals surface area contributed by atoms with Crippen LogP contribution in [0.5, 0.6) is 0 Å². The Hall–Kier alpha value is -6.00. The number of nitrogens with zero attached hydrogens (tertiary/aromatic N) is 3. The predicted molar refractivity (Wildman–Crippen MR) is 231 cm³/mol. The van der Waals surface area contributed by atoms with Crippen LogP contribution in [0.15, 0.2) is 133 Å². The van der Waals surface area contributed by atoms with E-state index in [2.05, 4.69) is 189 Å². The minimum Gasteiger partial charge on any atom is -0.375 e. The fraction of sp³-hybridized carbons (Fsp3) is 0.160. The van der Waals surface area contributed by atoms with Crippen molar-refractivity contribution in [3.05, 3.63) is 145 Å². The van der Waals surface area contributed by atoms with Gasteiger partial charge in [-0.2, -0.15) is 0 Å². The summed E-state index contributed by atoms with van der Waals surface area (Å²) in [7, 11) is 0. The lowest BCUT2D eigenvalue weighted by molar-refractivity contribution is 0.590. The molecule has 3 aromatic heterocycles. The molecule has 10 aromatic rings. The molecule has 0 saturated carbocycles. The van der Waals surface area contributed by atoms with Crippen LogP contribution in [-0.4, -0.2) is 20.5 Å². The van der Waals surface area contributed by atoms with E-state index in [4.69, 9.17) is 0 Å². The number of benzene rings is 7. The number of hydrogen-bond donors (Lipinski definition) is 0. The van der Waals surface area contributed by atoms with Crippen LogP contribution in [0.2, 0.25) is 0 Å². The summed E-state index contributed by atoms with van der Waals surface area (Å²) in [5.41, 5.74) is 18.4. The van der Waals surface area contributed by atoms with Crippen LogP contribution < -0.4 is 10.9 Å². The fourth-order valence-electron chi connectivity index (χ4n) is 10.2. The Balaban J connectivity index is 1.27. The summed E-state index contributed by atoms with van der Waals surface area (Å²) in [6.45, 7) is 14.1. The molecule has 3 nitrogen and oxygen atoms in total. The highest BCUT2D eigenvalue weighted by atomic mass is 15.0. The van der Waals surface area contributed by atoms with Gasteiger partial charge in [0, 0.05) is 54.6 Å². The summed E-state index contributed by atoms with van der Waals surface area (Å²) in [6, 6.07) is 51.0. The molecule has 4 heteroatoms. The zero-order valence-electron chi connectivity index (χ0n) is 31.6. The molecule has 54 heavy (non-hydrogen) atoms. The van der Waals surface area contributed by atoms with Gasteiger partial charge < -0.3 is 13.6 Å². The summed E-state index contributed by atoms with van der Waals surface area (Å²) in [5, 5.41) is 7.87. The van der Waals surface area contributed by atoms with Crippen molar-refractivity contribution in [3.8, 4) is 22.5 Å². The third-order valence-electron chi connectivity index (χ3n) is 12.7. The number of fused-ring (bicyclic) bond motifs is 13. The molecule has 258 valence electrons. The van der Waals surface area contributed by atoms with Crippen molar-refractivity contribution in [2.45, 2.75) is 52.4 Å². The second-order valence-corrected chi connectivity index (χ2v) is 17.8. The SMILES string of the molecule is CC(C)(C)c1ccc2c(c1)c1cc(C(C)(C)C)cc3c1n2B1c2c-3cccc2-n2c3ccccc3c3c(-n4c5ccccc5c5ccccc54)ccc1c32. The lowest BCUT2D eigenvalue weighted by atomic mass is 9.45. The average Bonchev–Trinajstić information content (AvgIpc) is 3.81. The van der Waals surface area contributed by atoms with Gasteiger partial charge in [-0.1, -0.05) is 120 Å². The van der Waals surface area contributed by atoms with Crippen LogP contribution >= 0.6 is 0 Å². The minimum absolute atomic E-state index is 0.00501. The van der Waals surface area contributed by atoms with Gasteiger partial charge in [0.25, 0.3) is 0 Å². The summed E-state index contributed by atoms with van der Waals surface area (Å²) in [6.07, 6.45) is 0. The molecule has 0 atom stereocenters. The molecule has 0 saturated heterocycles. The molecule has 0 bridgehead atoms. The van der Waals surface area contributed by atoms with E-state index < -0.39 is 0 Å². The van der Waals surface area contributed by atoms with Gasteiger partial charge >= 0.3 is 6.85 Å². The summed E-state index contributed by atoms with van der Waals surface area (Å²) < 4.78 is 7.81. The van der Waals surface area contributed by atoms with Gasteiger partial charge in [-0.25, -0.2) is 0 Å². The first-order valence-electron chi connectivity index (χ1n) is 19.4. The zero-order valence-corrected chi connectivity index (χ0v) is 31.6. The third kappa shape index (κ3) is 3.69. The monoisotopic (exact) mass is 693 g/mol. The highest BCUT2D eigenvalue weighted by Crippen LogP contribution is 2.47. The fourth-order valence-corrected chi connectivity index (χ4v) is 10.2. The van der Waals surface area contributed by atoms with Crippen molar-refractivity contribution in [1.29, 1.82) is 0 Å². The Labute approximate surface area is 315 Å². The molecule has 12 rings (SSSR count). The minimum atomic E-state index is 0.00501. The predicted octanol–water partition coefficient (Wildman–Crippen LogP) is 11.5. The van der Waals surface area contributed by atoms with Crippen LogP contribution in [0, 0.1) is 0 Å². The van der Waals surface area contributed by atoms with Gasteiger partial charge in [0.15, 0.2) is 0 Å². The first-order chi connectivity index (χ1) is 26.1. The molecule has 2 aliphatic heterocycles. The van der Waals surface area contributed by atoms with E-state index in [1.165, 1.54) is 110 Å². The molecule has 0 fully saturated rings. The van der Waals surface area contributed by atoms with Crippen molar-refractivity contribution in [1.82, 2.24) is 13.6 Å². The number of para-hydroxylation sites is 3. The van der Waals surface area contributed by atoms with Crippen molar-refractivity contribution < 1.29 is 0 Å². The van der Waals surface area contributed by atoms with E-state index in [0.717, 1.165) is 0 Å². The van der Waals surface area contributed by atoms with Gasteiger partial charge in [0.05, 0.1) is 27.8 Å². The first-order valence-corrected chi connectivity index (χ1v) is 19.4. The maximum Gasteiger partial charge on any atom is 0.333 e. The quantitative estimate of drug-likeness (QED) is 0.152. The second-order valence-electron chi connectivity index (χ2n) is 17.8. The van der Waals surface area contributed by atoms with Crippen molar-refractivity contribution in [2.75, 3.05) is 0 Å². The van der Waals surface area contributed by atoms with Crippen LogP contribution in [0.4, 0.5) is 0 Å². The Morgan fingerprint density at radius 3 is 1.74 bits per heavy atom. The molecule has 7 aromatic carbocycles. The maximum atomic E-state index is 2.71. The van der Waals surface area contributed by atoms with E-state index >= 15 is 0 Å². The molecule has 5 heterocycles. The van der Waals surface area contributed by atoms with E-state index in [1.54, 1.807) is 0 Å². The van der Waals surface area contributed by atoms with Crippen LogP contribution in [0.25, 0.3) is 87.9 Å². The summed E-state index contributed by atoms with van der Waals surface area (Å²) in [5.74, 6) is 0. The Morgan fingerprint density at radius 2 is 1.06 bits per heavy atom. The molecule has 0 unspecified atom stereocenters. The zero-order chi connectivity index (χ0) is 36.4. The van der Waals surface area contributed by atoms with Crippen molar-refractivity contribution >= 4 is 83.2 Å². The molecular formula is C50H40BN3. The van der Waals surface area contributed by atoms with Gasteiger partial charge in [-0.05, 0) is 93.0 Å². The largest absolute Gasteiger partial charge is 0.375 e. The molecule has 0 radical (unpaired) electrons.